The fourth-order valence-corrected chi connectivity index (χ4v) is 2.99. The Labute approximate surface area is 157 Å². The second-order valence-corrected chi connectivity index (χ2v) is 6.20. The molecule has 0 saturated heterocycles. The molecule has 6 heteroatoms. The van der Waals surface area contributed by atoms with E-state index in [2.05, 4.69) is 16.2 Å². The molecule has 0 unspecified atom stereocenters. The standard InChI is InChI=1S/C21H18N4O2/c1-25-14-17(11-16(13-22)18-5-2-3-8-23-18)21(24-25)15-6-7-19-20(12-15)27-10-4-9-26-19/h2-3,5-8,11-12,14H,4,9-10H2,1H3. The lowest BCUT2D eigenvalue weighted by molar-refractivity contribution is 0.297. The summed E-state index contributed by atoms with van der Waals surface area (Å²) in [6, 6.07) is 13.5. The fourth-order valence-electron chi connectivity index (χ4n) is 2.99. The summed E-state index contributed by atoms with van der Waals surface area (Å²) in [6.45, 7) is 1.28. The molecule has 0 amide bonds. The Morgan fingerprint density at radius 2 is 2.04 bits per heavy atom. The van der Waals surface area contributed by atoms with E-state index in [1.165, 1.54) is 0 Å². The minimum absolute atomic E-state index is 0.485. The van der Waals surface area contributed by atoms with Gasteiger partial charge in [0, 0.05) is 37.0 Å². The van der Waals surface area contributed by atoms with Crippen LogP contribution in [0.5, 0.6) is 11.5 Å². The summed E-state index contributed by atoms with van der Waals surface area (Å²) in [4.78, 5) is 4.27. The minimum Gasteiger partial charge on any atom is -0.490 e. The van der Waals surface area contributed by atoms with Gasteiger partial charge >= 0.3 is 0 Å². The van der Waals surface area contributed by atoms with Gasteiger partial charge in [-0.05, 0) is 36.4 Å². The number of aromatic nitrogens is 3. The van der Waals surface area contributed by atoms with Crippen molar-refractivity contribution < 1.29 is 9.47 Å². The van der Waals surface area contributed by atoms with Crippen LogP contribution < -0.4 is 9.47 Å². The molecule has 6 nitrogen and oxygen atoms in total. The largest absolute Gasteiger partial charge is 0.490 e. The average molecular weight is 358 g/mol. The highest BCUT2D eigenvalue weighted by Crippen LogP contribution is 2.35. The summed E-state index contributed by atoms with van der Waals surface area (Å²) in [7, 11) is 1.86. The Kier molecular flexibility index (Phi) is 4.58. The lowest BCUT2D eigenvalue weighted by Crippen LogP contribution is -1.97. The van der Waals surface area contributed by atoms with Gasteiger partial charge in [0.2, 0.25) is 0 Å². The van der Waals surface area contributed by atoms with E-state index in [0.29, 0.717) is 24.5 Å². The highest BCUT2D eigenvalue weighted by atomic mass is 16.5. The Morgan fingerprint density at radius 1 is 1.19 bits per heavy atom. The van der Waals surface area contributed by atoms with Crippen molar-refractivity contribution in [1.82, 2.24) is 14.8 Å². The third-order valence-corrected chi connectivity index (χ3v) is 4.24. The summed E-state index contributed by atoms with van der Waals surface area (Å²) >= 11 is 0. The van der Waals surface area contributed by atoms with E-state index >= 15 is 0 Å². The zero-order valence-electron chi connectivity index (χ0n) is 14.9. The van der Waals surface area contributed by atoms with Crippen LogP contribution in [-0.4, -0.2) is 28.0 Å². The molecular weight excluding hydrogens is 340 g/mol. The van der Waals surface area contributed by atoms with E-state index in [1.807, 2.05) is 55.7 Å². The molecule has 1 aliphatic heterocycles. The normalized spacial score (nSPS) is 13.7. The smallest absolute Gasteiger partial charge is 0.161 e. The van der Waals surface area contributed by atoms with Crippen LogP contribution in [0.3, 0.4) is 0 Å². The van der Waals surface area contributed by atoms with Gasteiger partial charge in [0.25, 0.3) is 0 Å². The van der Waals surface area contributed by atoms with E-state index in [9.17, 15) is 5.26 Å². The number of ether oxygens (including phenoxy) is 2. The first-order chi connectivity index (χ1) is 13.2. The molecule has 0 bridgehead atoms. The molecule has 0 fully saturated rings. The van der Waals surface area contributed by atoms with Gasteiger partial charge in [0.05, 0.1) is 30.2 Å². The number of nitrogens with zero attached hydrogens (tertiary/aromatic N) is 4. The van der Waals surface area contributed by atoms with Crippen molar-refractivity contribution in [3.63, 3.8) is 0 Å². The zero-order chi connectivity index (χ0) is 18.6. The Balaban J connectivity index is 1.77. The zero-order valence-corrected chi connectivity index (χ0v) is 14.9. The fraction of sp³-hybridized carbons (Fsp3) is 0.190. The van der Waals surface area contributed by atoms with Crippen LogP contribution in [0.15, 0.2) is 48.8 Å². The minimum atomic E-state index is 0.485. The Morgan fingerprint density at radius 3 is 2.81 bits per heavy atom. The number of hydrogen-bond donors (Lipinski definition) is 0. The molecule has 27 heavy (non-hydrogen) atoms. The van der Waals surface area contributed by atoms with Gasteiger partial charge in [-0.3, -0.25) is 9.67 Å². The molecule has 134 valence electrons. The maximum atomic E-state index is 9.58. The summed E-state index contributed by atoms with van der Waals surface area (Å²) in [5.74, 6) is 1.46. The molecule has 0 spiro atoms. The number of aryl methyl sites for hydroxylation is 1. The Hall–Kier alpha value is -3.59. The number of pyridine rings is 1. The molecule has 3 aromatic rings. The van der Waals surface area contributed by atoms with Crippen LogP contribution >= 0.6 is 0 Å². The summed E-state index contributed by atoms with van der Waals surface area (Å²) in [5, 5.41) is 14.2. The van der Waals surface area contributed by atoms with Crippen molar-refractivity contribution in [1.29, 1.82) is 5.26 Å². The van der Waals surface area contributed by atoms with E-state index in [1.54, 1.807) is 10.9 Å². The molecule has 2 aromatic heterocycles. The van der Waals surface area contributed by atoms with Gasteiger partial charge in [-0.2, -0.15) is 10.4 Å². The van der Waals surface area contributed by atoms with Crippen molar-refractivity contribution in [2.45, 2.75) is 6.42 Å². The highest BCUT2D eigenvalue weighted by molar-refractivity contribution is 5.91. The SMILES string of the molecule is Cn1cc(C=C(C#N)c2ccccn2)c(-c2ccc3c(c2)OCCCO3)n1. The lowest BCUT2D eigenvalue weighted by atomic mass is 10.0. The first-order valence-electron chi connectivity index (χ1n) is 8.71. The summed E-state index contributed by atoms with van der Waals surface area (Å²) < 4.78 is 13.2. The number of fused-ring (bicyclic) bond motifs is 1. The highest BCUT2D eigenvalue weighted by Gasteiger charge is 2.15. The molecule has 0 saturated carbocycles. The number of nitriles is 1. The van der Waals surface area contributed by atoms with Crippen molar-refractivity contribution in [3.05, 3.63) is 60.0 Å². The maximum Gasteiger partial charge on any atom is 0.161 e. The van der Waals surface area contributed by atoms with Crippen LogP contribution in [0.2, 0.25) is 0 Å². The van der Waals surface area contributed by atoms with Crippen LogP contribution in [0.25, 0.3) is 22.9 Å². The van der Waals surface area contributed by atoms with Gasteiger partial charge < -0.3 is 9.47 Å². The van der Waals surface area contributed by atoms with Gasteiger partial charge in [-0.25, -0.2) is 0 Å². The number of allylic oxidation sites excluding steroid dienone is 1. The summed E-state index contributed by atoms with van der Waals surface area (Å²) in [6.07, 6.45) is 6.23. The molecule has 1 aromatic carbocycles. The second-order valence-electron chi connectivity index (χ2n) is 6.20. The van der Waals surface area contributed by atoms with E-state index in [0.717, 1.165) is 34.7 Å². The molecule has 4 rings (SSSR count). The first kappa shape index (κ1) is 16.9. The van der Waals surface area contributed by atoms with Gasteiger partial charge in [0.15, 0.2) is 11.5 Å². The summed E-state index contributed by atoms with van der Waals surface area (Å²) in [5.41, 5.74) is 3.64. The van der Waals surface area contributed by atoms with E-state index in [-0.39, 0.29) is 0 Å². The predicted molar refractivity (Wildman–Crippen MR) is 102 cm³/mol. The molecule has 1 aliphatic rings. The number of benzene rings is 1. The van der Waals surface area contributed by atoms with E-state index < -0.39 is 0 Å². The van der Waals surface area contributed by atoms with Crippen LogP contribution in [0, 0.1) is 11.3 Å². The first-order valence-corrected chi connectivity index (χ1v) is 8.71. The van der Waals surface area contributed by atoms with Crippen molar-refractivity contribution in [2.24, 2.45) is 7.05 Å². The second kappa shape index (κ2) is 7.34. The third-order valence-electron chi connectivity index (χ3n) is 4.24. The molecular formula is C21H18N4O2. The number of hydrogen-bond acceptors (Lipinski definition) is 5. The maximum absolute atomic E-state index is 9.58. The van der Waals surface area contributed by atoms with Crippen LogP contribution in [0.4, 0.5) is 0 Å². The molecule has 0 radical (unpaired) electrons. The Bertz CT molecular complexity index is 1030. The molecule has 0 N–H and O–H groups in total. The molecule has 0 aliphatic carbocycles. The lowest BCUT2D eigenvalue weighted by Gasteiger charge is -2.09. The van der Waals surface area contributed by atoms with Gasteiger partial charge in [0.1, 0.15) is 6.07 Å². The quantitative estimate of drug-likeness (QED) is 0.668. The molecule has 3 heterocycles. The van der Waals surface area contributed by atoms with Crippen molar-refractivity contribution in [3.8, 4) is 28.8 Å². The van der Waals surface area contributed by atoms with Crippen molar-refractivity contribution in [2.75, 3.05) is 13.2 Å². The van der Waals surface area contributed by atoms with E-state index in [4.69, 9.17) is 9.47 Å². The average Bonchev–Trinajstić information content (AvgIpc) is 2.91. The predicted octanol–water partition coefficient (Wildman–Crippen LogP) is 3.71. The third kappa shape index (κ3) is 3.53. The topological polar surface area (TPSA) is 73.0 Å². The number of rotatable bonds is 3. The van der Waals surface area contributed by atoms with Crippen LogP contribution in [0.1, 0.15) is 17.7 Å². The van der Waals surface area contributed by atoms with Crippen molar-refractivity contribution >= 4 is 11.6 Å². The molecule has 0 atom stereocenters. The van der Waals surface area contributed by atoms with Gasteiger partial charge in [-0.15, -0.1) is 0 Å². The van der Waals surface area contributed by atoms with Crippen LogP contribution in [-0.2, 0) is 7.05 Å². The van der Waals surface area contributed by atoms with Gasteiger partial charge in [-0.1, -0.05) is 6.07 Å². The monoisotopic (exact) mass is 358 g/mol.